The maximum absolute atomic E-state index is 5.75. The Kier molecular flexibility index (Phi) is 5.57. The van der Waals surface area contributed by atoms with Crippen LogP contribution in [-0.2, 0) is 0 Å². The van der Waals surface area contributed by atoms with Gasteiger partial charge in [0, 0.05) is 4.90 Å². The molecule has 0 fully saturated rings. The summed E-state index contributed by atoms with van der Waals surface area (Å²) < 4.78 is 5.75. The SMILES string of the molecule is C=CCCCSc1ccc(Oc2ccccc2)cc1. The highest BCUT2D eigenvalue weighted by Crippen LogP contribution is 2.25. The molecule has 2 heteroatoms. The average Bonchev–Trinajstić information content (AvgIpc) is 2.46. The molecule has 19 heavy (non-hydrogen) atoms. The number of ether oxygens (including phenoxy) is 1. The summed E-state index contributed by atoms with van der Waals surface area (Å²) in [6.45, 7) is 3.73. The van der Waals surface area contributed by atoms with Gasteiger partial charge in [-0.15, -0.1) is 18.3 Å². The second-order valence-electron chi connectivity index (χ2n) is 4.17. The second-order valence-corrected chi connectivity index (χ2v) is 5.33. The molecule has 2 rings (SSSR count). The Morgan fingerprint density at radius 3 is 2.32 bits per heavy atom. The van der Waals surface area contributed by atoms with E-state index in [1.807, 2.05) is 60.3 Å². The summed E-state index contributed by atoms with van der Waals surface area (Å²) in [6.07, 6.45) is 4.23. The highest BCUT2D eigenvalue weighted by molar-refractivity contribution is 7.99. The van der Waals surface area contributed by atoms with Crippen LogP contribution >= 0.6 is 11.8 Å². The van der Waals surface area contributed by atoms with Gasteiger partial charge in [0.1, 0.15) is 11.5 Å². The van der Waals surface area contributed by atoms with Crippen LogP contribution in [-0.4, -0.2) is 5.75 Å². The molecule has 0 amide bonds. The molecule has 0 N–H and O–H groups in total. The molecule has 0 spiro atoms. The van der Waals surface area contributed by atoms with Crippen LogP contribution in [0.5, 0.6) is 11.5 Å². The van der Waals surface area contributed by atoms with Crippen molar-refractivity contribution < 1.29 is 4.74 Å². The van der Waals surface area contributed by atoms with Crippen LogP contribution in [0.3, 0.4) is 0 Å². The fourth-order valence-electron chi connectivity index (χ4n) is 1.65. The smallest absolute Gasteiger partial charge is 0.127 e. The van der Waals surface area contributed by atoms with Crippen LogP contribution in [0, 0.1) is 0 Å². The van der Waals surface area contributed by atoms with Gasteiger partial charge in [0.05, 0.1) is 0 Å². The average molecular weight is 270 g/mol. The minimum atomic E-state index is 0.869. The topological polar surface area (TPSA) is 9.23 Å². The molecule has 0 bridgehead atoms. The first-order valence-corrected chi connectivity index (χ1v) is 7.44. The largest absolute Gasteiger partial charge is 0.457 e. The lowest BCUT2D eigenvalue weighted by atomic mass is 10.3. The third-order valence-corrected chi connectivity index (χ3v) is 3.72. The van der Waals surface area contributed by atoms with Crippen molar-refractivity contribution in [3.8, 4) is 11.5 Å². The molecular weight excluding hydrogens is 252 g/mol. The predicted molar refractivity (Wildman–Crippen MR) is 83.1 cm³/mol. The number of para-hydroxylation sites is 1. The Hall–Kier alpha value is -1.67. The molecule has 0 heterocycles. The van der Waals surface area contributed by atoms with Crippen LogP contribution < -0.4 is 4.74 Å². The van der Waals surface area contributed by atoms with Crippen LogP contribution in [0.2, 0.25) is 0 Å². The molecule has 98 valence electrons. The van der Waals surface area contributed by atoms with Crippen molar-refractivity contribution in [1.29, 1.82) is 0 Å². The molecule has 0 aromatic heterocycles. The van der Waals surface area contributed by atoms with Crippen molar-refractivity contribution in [2.45, 2.75) is 17.7 Å². The lowest BCUT2D eigenvalue weighted by Gasteiger charge is -2.06. The van der Waals surface area contributed by atoms with E-state index in [1.165, 1.54) is 11.3 Å². The zero-order chi connectivity index (χ0) is 13.3. The van der Waals surface area contributed by atoms with E-state index < -0.39 is 0 Å². The van der Waals surface area contributed by atoms with E-state index >= 15 is 0 Å². The van der Waals surface area contributed by atoms with E-state index in [2.05, 4.69) is 18.7 Å². The summed E-state index contributed by atoms with van der Waals surface area (Å²) in [7, 11) is 0. The molecule has 0 atom stereocenters. The Balaban J connectivity index is 1.86. The van der Waals surface area contributed by atoms with E-state index in [9.17, 15) is 0 Å². The summed E-state index contributed by atoms with van der Waals surface area (Å²) in [5.41, 5.74) is 0. The first-order valence-electron chi connectivity index (χ1n) is 6.45. The van der Waals surface area contributed by atoms with Gasteiger partial charge in [0.25, 0.3) is 0 Å². The van der Waals surface area contributed by atoms with Gasteiger partial charge in [-0.3, -0.25) is 0 Å². The highest BCUT2D eigenvalue weighted by atomic mass is 32.2. The van der Waals surface area contributed by atoms with Gasteiger partial charge >= 0.3 is 0 Å². The van der Waals surface area contributed by atoms with Crippen LogP contribution in [0.4, 0.5) is 0 Å². The minimum Gasteiger partial charge on any atom is -0.457 e. The van der Waals surface area contributed by atoms with E-state index in [0.29, 0.717) is 0 Å². The van der Waals surface area contributed by atoms with Crippen molar-refractivity contribution in [1.82, 2.24) is 0 Å². The predicted octanol–water partition coefficient (Wildman–Crippen LogP) is 5.54. The number of thioether (sulfide) groups is 1. The molecule has 0 saturated heterocycles. The first kappa shape index (κ1) is 13.8. The third-order valence-electron chi connectivity index (χ3n) is 2.62. The van der Waals surface area contributed by atoms with Crippen LogP contribution in [0.25, 0.3) is 0 Å². The number of benzene rings is 2. The molecule has 0 radical (unpaired) electrons. The standard InChI is InChI=1S/C17H18OS/c1-2-3-7-14-19-17-12-10-16(11-13-17)18-15-8-5-4-6-9-15/h2,4-6,8-13H,1,3,7,14H2. The zero-order valence-corrected chi connectivity index (χ0v) is 11.7. The Bertz CT molecular complexity index is 490. The van der Waals surface area contributed by atoms with Gasteiger partial charge in [0.15, 0.2) is 0 Å². The molecule has 2 aromatic carbocycles. The quantitative estimate of drug-likeness (QED) is 0.371. The van der Waals surface area contributed by atoms with Gasteiger partial charge in [-0.05, 0) is 55.0 Å². The maximum atomic E-state index is 5.75. The molecule has 0 aliphatic rings. The van der Waals surface area contributed by atoms with E-state index in [1.54, 1.807) is 0 Å². The lowest BCUT2D eigenvalue weighted by Crippen LogP contribution is -1.84. The van der Waals surface area contributed by atoms with E-state index in [4.69, 9.17) is 4.74 Å². The fourth-order valence-corrected chi connectivity index (χ4v) is 2.52. The summed E-state index contributed by atoms with van der Waals surface area (Å²) in [4.78, 5) is 1.28. The zero-order valence-electron chi connectivity index (χ0n) is 10.9. The van der Waals surface area contributed by atoms with E-state index in [0.717, 1.165) is 23.7 Å². The highest BCUT2D eigenvalue weighted by Gasteiger charge is 1.98. The van der Waals surface area contributed by atoms with Crippen LogP contribution in [0.1, 0.15) is 12.8 Å². The van der Waals surface area contributed by atoms with Gasteiger partial charge in [-0.25, -0.2) is 0 Å². The number of allylic oxidation sites excluding steroid dienone is 1. The maximum Gasteiger partial charge on any atom is 0.127 e. The minimum absolute atomic E-state index is 0.869. The summed E-state index contributed by atoms with van der Waals surface area (Å²) in [5, 5.41) is 0. The normalized spacial score (nSPS) is 10.1. The number of hydrogen-bond acceptors (Lipinski definition) is 2. The van der Waals surface area contributed by atoms with Crippen molar-refractivity contribution in [3.05, 3.63) is 67.3 Å². The number of rotatable bonds is 7. The number of hydrogen-bond donors (Lipinski definition) is 0. The van der Waals surface area contributed by atoms with Crippen molar-refractivity contribution in [2.24, 2.45) is 0 Å². The molecule has 0 aliphatic carbocycles. The summed E-state index contributed by atoms with van der Waals surface area (Å²) >= 11 is 1.87. The Morgan fingerprint density at radius 1 is 0.947 bits per heavy atom. The van der Waals surface area contributed by atoms with E-state index in [-0.39, 0.29) is 0 Å². The lowest BCUT2D eigenvalue weighted by molar-refractivity contribution is 0.482. The molecule has 0 unspecified atom stereocenters. The van der Waals surface area contributed by atoms with Crippen LogP contribution in [0.15, 0.2) is 72.1 Å². The van der Waals surface area contributed by atoms with Gasteiger partial charge in [-0.2, -0.15) is 0 Å². The number of unbranched alkanes of at least 4 members (excludes halogenated alkanes) is 1. The second kappa shape index (κ2) is 7.70. The van der Waals surface area contributed by atoms with Gasteiger partial charge in [-0.1, -0.05) is 24.3 Å². The molecule has 0 aliphatic heterocycles. The molecular formula is C17H18OS. The first-order chi connectivity index (χ1) is 9.38. The van der Waals surface area contributed by atoms with Crippen molar-refractivity contribution in [3.63, 3.8) is 0 Å². The van der Waals surface area contributed by atoms with Gasteiger partial charge < -0.3 is 4.74 Å². The Labute approximate surface area is 119 Å². The van der Waals surface area contributed by atoms with Crippen molar-refractivity contribution >= 4 is 11.8 Å². The fraction of sp³-hybridized carbons (Fsp3) is 0.176. The monoisotopic (exact) mass is 270 g/mol. The summed E-state index contributed by atoms with van der Waals surface area (Å²) in [6, 6.07) is 18.1. The van der Waals surface area contributed by atoms with Gasteiger partial charge in [0.2, 0.25) is 0 Å². The third kappa shape index (κ3) is 4.84. The Morgan fingerprint density at radius 2 is 1.63 bits per heavy atom. The summed E-state index contributed by atoms with van der Waals surface area (Å²) in [5.74, 6) is 2.88. The molecule has 1 nitrogen and oxygen atoms in total. The molecule has 2 aromatic rings. The molecule has 0 saturated carbocycles. The van der Waals surface area contributed by atoms with Crippen molar-refractivity contribution in [2.75, 3.05) is 5.75 Å².